The summed E-state index contributed by atoms with van der Waals surface area (Å²) in [6, 6.07) is 4.57. The zero-order valence-corrected chi connectivity index (χ0v) is 18.6. The molecule has 1 aromatic carbocycles. The third kappa shape index (κ3) is 5.61. The maximum atomic E-state index is 5.60. The first-order chi connectivity index (χ1) is 13.6. The highest BCUT2D eigenvalue weighted by atomic mass is 16.5. The number of hydrogen-bond acceptors (Lipinski definition) is 2. The van der Waals surface area contributed by atoms with Gasteiger partial charge in [0.15, 0.2) is 0 Å². The van der Waals surface area contributed by atoms with Crippen LogP contribution in [0.5, 0.6) is 5.75 Å². The summed E-state index contributed by atoms with van der Waals surface area (Å²) in [5.74, 6) is 2.35. The third-order valence-electron chi connectivity index (χ3n) is 6.20. The van der Waals surface area contributed by atoms with Crippen molar-refractivity contribution in [3.8, 4) is 5.75 Å². The minimum atomic E-state index is 0.575. The maximum Gasteiger partial charge on any atom is 0.122 e. The molecule has 1 aliphatic rings. The molecule has 2 unspecified atom stereocenters. The molecule has 1 aromatic rings. The second kappa shape index (κ2) is 11.3. The molecular weight excluding hydrogens is 342 g/mol. The van der Waals surface area contributed by atoms with Gasteiger partial charge in [-0.1, -0.05) is 45.1 Å². The van der Waals surface area contributed by atoms with Crippen molar-refractivity contribution in [3.63, 3.8) is 0 Å². The molecule has 2 heteroatoms. The van der Waals surface area contributed by atoms with Crippen molar-refractivity contribution in [1.82, 2.24) is 5.32 Å². The first-order valence-corrected chi connectivity index (χ1v) is 10.9. The summed E-state index contributed by atoms with van der Waals surface area (Å²) in [5, 5.41) is 3.61. The van der Waals surface area contributed by atoms with Crippen molar-refractivity contribution in [2.24, 2.45) is 11.8 Å². The lowest BCUT2D eigenvalue weighted by Gasteiger charge is -2.20. The second-order valence-electron chi connectivity index (χ2n) is 7.94. The normalized spacial score (nSPS) is 18.0. The van der Waals surface area contributed by atoms with Crippen LogP contribution in [0, 0.1) is 11.8 Å². The van der Waals surface area contributed by atoms with Gasteiger partial charge in [0.1, 0.15) is 5.75 Å². The van der Waals surface area contributed by atoms with Crippen LogP contribution in [0.1, 0.15) is 63.6 Å². The van der Waals surface area contributed by atoms with Crippen LogP contribution in [0.4, 0.5) is 0 Å². The van der Waals surface area contributed by atoms with Crippen LogP contribution in [0.3, 0.4) is 0 Å². The van der Waals surface area contributed by atoms with Crippen molar-refractivity contribution in [3.05, 3.63) is 59.2 Å². The van der Waals surface area contributed by atoms with Gasteiger partial charge in [-0.05, 0) is 97.9 Å². The van der Waals surface area contributed by atoms with E-state index in [0.717, 1.165) is 37.6 Å². The highest BCUT2D eigenvalue weighted by Crippen LogP contribution is 2.42. The van der Waals surface area contributed by atoms with Crippen LogP contribution in [-0.2, 0) is 12.8 Å². The van der Waals surface area contributed by atoms with Crippen molar-refractivity contribution >= 4 is 5.57 Å². The van der Waals surface area contributed by atoms with Crippen molar-refractivity contribution < 1.29 is 4.74 Å². The number of methoxy groups -OCH3 is 1. The van der Waals surface area contributed by atoms with Gasteiger partial charge >= 0.3 is 0 Å². The zero-order chi connectivity index (χ0) is 20.5. The first kappa shape index (κ1) is 22.5. The summed E-state index contributed by atoms with van der Waals surface area (Å²) in [7, 11) is 1.78. The Morgan fingerprint density at radius 2 is 2.11 bits per heavy atom. The highest BCUT2D eigenvalue weighted by Gasteiger charge is 2.28. The van der Waals surface area contributed by atoms with Gasteiger partial charge in [-0.25, -0.2) is 0 Å². The number of ether oxygens (including phenoxy) is 1. The number of allylic oxidation sites excluding steroid dienone is 3. The number of hydrogen-bond donors (Lipinski definition) is 1. The molecule has 0 heterocycles. The molecule has 0 spiro atoms. The Morgan fingerprint density at radius 3 is 2.71 bits per heavy atom. The fourth-order valence-corrected chi connectivity index (χ4v) is 4.34. The van der Waals surface area contributed by atoms with Crippen LogP contribution in [0.15, 0.2) is 42.5 Å². The quantitative estimate of drug-likeness (QED) is 0.355. The number of fused-ring (bicyclic) bond motifs is 1. The average Bonchev–Trinajstić information content (AvgIpc) is 3.02. The van der Waals surface area contributed by atoms with Crippen LogP contribution in [0.2, 0.25) is 0 Å². The molecule has 0 saturated carbocycles. The molecule has 1 aliphatic carbocycles. The Labute approximate surface area is 172 Å². The van der Waals surface area contributed by atoms with Gasteiger partial charge in [0.05, 0.1) is 7.11 Å². The number of aryl methyl sites for hydroxylation is 1. The van der Waals surface area contributed by atoms with E-state index in [4.69, 9.17) is 4.74 Å². The SMILES string of the molecule is C=C1c2cc(CC)c(OC)cc2CC1CC(CC)CCNCC(/C=C\C)=C/C. The van der Waals surface area contributed by atoms with Crippen molar-refractivity contribution in [2.75, 3.05) is 20.2 Å². The molecule has 2 nitrogen and oxygen atoms in total. The average molecular weight is 382 g/mol. The van der Waals surface area contributed by atoms with Gasteiger partial charge in [0, 0.05) is 6.54 Å². The topological polar surface area (TPSA) is 21.3 Å². The lowest BCUT2D eigenvalue weighted by Crippen LogP contribution is -2.21. The summed E-state index contributed by atoms with van der Waals surface area (Å²) >= 11 is 0. The molecule has 0 amide bonds. The number of benzene rings is 1. The Hall–Kier alpha value is -1.80. The predicted molar refractivity (Wildman–Crippen MR) is 123 cm³/mol. The Kier molecular flexibility index (Phi) is 9.05. The molecule has 154 valence electrons. The van der Waals surface area contributed by atoms with Gasteiger partial charge in [-0.15, -0.1) is 0 Å². The van der Waals surface area contributed by atoms with Gasteiger partial charge in [0.2, 0.25) is 0 Å². The third-order valence-corrected chi connectivity index (χ3v) is 6.20. The van der Waals surface area contributed by atoms with E-state index in [-0.39, 0.29) is 0 Å². The smallest absolute Gasteiger partial charge is 0.122 e. The lowest BCUT2D eigenvalue weighted by molar-refractivity contribution is 0.384. The molecule has 0 aliphatic heterocycles. The monoisotopic (exact) mass is 381 g/mol. The molecule has 28 heavy (non-hydrogen) atoms. The second-order valence-corrected chi connectivity index (χ2v) is 7.94. The molecule has 0 fully saturated rings. The summed E-state index contributed by atoms with van der Waals surface area (Å²) in [4.78, 5) is 0. The molecule has 0 saturated heterocycles. The lowest BCUT2D eigenvalue weighted by atomic mass is 9.86. The van der Waals surface area contributed by atoms with Gasteiger partial charge in [-0.3, -0.25) is 0 Å². The van der Waals surface area contributed by atoms with E-state index < -0.39 is 0 Å². The summed E-state index contributed by atoms with van der Waals surface area (Å²) in [6.45, 7) is 15.2. The summed E-state index contributed by atoms with van der Waals surface area (Å²) < 4.78 is 5.60. The Balaban J connectivity index is 1.92. The molecule has 2 rings (SSSR count). The fourth-order valence-electron chi connectivity index (χ4n) is 4.34. The largest absolute Gasteiger partial charge is 0.496 e. The molecule has 2 atom stereocenters. The van der Waals surface area contributed by atoms with Crippen molar-refractivity contribution in [2.45, 2.75) is 59.8 Å². The fraction of sp³-hybridized carbons (Fsp3) is 0.538. The van der Waals surface area contributed by atoms with Gasteiger partial charge in [0.25, 0.3) is 0 Å². The van der Waals surface area contributed by atoms with Gasteiger partial charge < -0.3 is 10.1 Å². The van der Waals surface area contributed by atoms with Crippen LogP contribution >= 0.6 is 0 Å². The minimum Gasteiger partial charge on any atom is -0.496 e. The van der Waals surface area contributed by atoms with Crippen LogP contribution in [-0.4, -0.2) is 20.2 Å². The van der Waals surface area contributed by atoms with E-state index in [0.29, 0.717) is 5.92 Å². The Morgan fingerprint density at radius 1 is 1.32 bits per heavy atom. The van der Waals surface area contributed by atoms with Crippen molar-refractivity contribution in [1.29, 1.82) is 0 Å². The molecule has 0 aromatic heterocycles. The zero-order valence-electron chi connectivity index (χ0n) is 18.6. The highest BCUT2D eigenvalue weighted by molar-refractivity contribution is 5.74. The molecule has 0 radical (unpaired) electrons. The first-order valence-electron chi connectivity index (χ1n) is 10.9. The van der Waals surface area contributed by atoms with Gasteiger partial charge in [-0.2, -0.15) is 0 Å². The van der Waals surface area contributed by atoms with E-state index in [9.17, 15) is 0 Å². The maximum absolute atomic E-state index is 5.60. The molecular formula is C26H39NO. The van der Waals surface area contributed by atoms with E-state index >= 15 is 0 Å². The number of rotatable bonds is 11. The molecule has 0 bridgehead atoms. The standard InChI is InChI=1S/C26H39NO/c1-7-11-21(9-3)18-27-13-12-20(8-2)14-23-15-24-17-26(28-6)22(10-4)16-25(24)19(23)5/h7,9,11,16-17,20,23,27H,5,8,10,12-15,18H2,1-4,6H3/b11-7-,21-9+. The van der Waals surface area contributed by atoms with Crippen LogP contribution < -0.4 is 10.1 Å². The van der Waals surface area contributed by atoms with E-state index in [1.165, 1.54) is 47.1 Å². The minimum absolute atomic E-state index is 0.575. The predicted octanol–water partition coefficient (Wildman–Crippen LogP) is 6.36. The van der Waals surface area contributed by atoms with Crippen LogP contribution in [0.25, 0.3) is 5.57 Å². The van der Waals surface area contributed by atoms with E-state index in [1.807, 2.05) is 0 Å². The summed E-state index contributed by atoms with van der Waals surface area (Å²) in [5.41, 5.74) is 6.78. The Bertz CT molecular complexity index is 713. The van der Waals surface area contributed by atoms with E-state index in [2.05, 4.69) is 70.0 Å². The summed E-state index contributed by atoms with van der Waals surface area (Å²) in [6.07, 6.45) is 12.3. The molecule has 1 N–H and O–H groups in total. The van der Waals surface area contributed by atoms with E-state index in [1.54, 1.807) is 7.11 Å². The number of nitrogens with one attached hydrogen (secondary N) is 1.